The summed E-state index contributed by atoms with van der Waals surface area (Å²) in [7, 11) is 1.63. The first-order chi connectivity index (χ1) is 10.0. The summed E-state index contributed by atoms with van der Waals surface area (Å²) in [6.07, 6.45) is 6.27. The van der Waals surface area contributed by atoms with Crippen LogP contribution in [0, 0.1) is 0 Å². The Balaban J connectivity index is 2.07. The van der Waals surface area contributed by atoms with Crippen LogP contribution in [-0.2, 0) is 11.2 Å². The van der Waals surface area contributed by atoms with Gasteiger partial charge in [-0.1, -0.05) is 31.4 Å². The van der Waals surface area contributed by atoms with E-state index in [0.717, 1.165) is 24.2 Å². The van der Waals surface area contributed by atoms with E-state index in [1.165, 1.54) is 19.3 Å². The molecule has 116 valence electrons. The maximum atomic E-state index is 11.7. The molecule has 0 radical (unpaired) electrons. The lowest BCUT2D eigenvalue weighted by molar-refractivity contribution is -0.144. The maximum absolute atomic E-state index is 11.7. The van der Waals surface area contributed by atoms with Gasteiger partial charge in [-0.05, 0) is 37.5 Å². The quantitative estimate of drug-likeness (QED) is 0.846. The number of hydrogen-bond donors (Lipinski definition) is 2. The molecule has 1 fully saturated rings. The molecule has 0 heterocycles. The molecule has 1 saturated carbocycles. The third-order valence-corrected chi connectivity index (χ3v) is 4.32. The van der Waals surface area contributed by atoms with Crippen molar-refractivity contribution in [1.29, 1.82) is 0 Å². The third-order valence-electron chi connectivity index (χ3n) is 4.32. The monoisotopic (exact) mass is 291 g/mol. The summed E-state index contributed by atoms with van der Waals surface area (Å²) in [5, 5.41) is 13.0. The van der Waals surface area contributed by atoms with Gasteiger partial charge in [0.05, 0.1) is 7.11 Å². The lowest BCUT2D eigenvalue weighted by atomic mass is 9.88. The van der Waals surface area contributed by atoms with Crippen LogP contribution in [0.5, 0.6) is 5.75 Å². The molecular formula is C17H25NO3. The highest BCUT2D eigenvalue weighted by atomic mass is 16.5. The Morgan fingerprint density at radius 2 is 1.90 bits per heavy atom. The zero-order valence-corrected chi connectivity index (χ0v) is 12.9. The zero-order valence-electron chi connectivity index (χ0n) is 12.9. The van der Waals surface area contributed by atoms with Crippen LogP contribution in [0.4, 0.5) is 0 Å². The molecular weight excluding hydrogens is 266 g/mol. The van der Waals surface area contributed by atoms with Crippen LogP contribution >= 0.6 is 0 Å². The molecule has 0 amide bonds. The predicted octanol–water partition coefficient (Wildman–Crippen LogP) is 3.00. The van der Waals surface area contributed by atoms with Crippen LogP contribution in [0.1, 0.15) is 44.6 Å². The van der Waals surface area contributed by atoms with E-state index < -0.39 is 11.5 Å². The van der Waals surface area contributed by atoms with Gasteiger partial charge in [0, 0.05) is 12.5 Å². The average Bonchev–Trinajstić information content (AvgIpc) is 2.49. The van der Waals surface area contributed by atoms with Crippen LogP contribution in [0.25, 0.3) is 0 Å². The van der Waals surface area contributed by atoms with Crippen molar-refractivity contribution in [2.24, 2.45) is 0 Å². The number of carbonyl (C=O) groups is 1. The number of hydrogen-bond acceptors (Lipinski definition) is 3. The molecule has 1 atom stereocenters. The molecule has 0 spiro atoms. The highest BCUT2D eigenvalue weighted by Gasteiger charge is 2.35. The van der Waals surface area contributed by atoms with Gasteiger partial charge in [-0.15, -0.1) is 0 Å². The molecule has 4 heteroatoms. The third kappa shape index (κ3) is 4.21. The molecule has 0 bridgehead atoms. The van der Waals surface area contributed by atoms with Crippen LogP contribution in [0.2, 0.25) is 0 Å². The average molecular weight is 291 g/mol. The summed E-state index contributed by atoms with van der Waals surface area (Å²) in [5.74, 6) is -0.0000840. The van der Waals surface area contributed by atoms with Crippen molar-refractivity contribution in [3.05, 3.63) is 29.8 Å². The number of benzene rings is 1. The second-order valence-corrected chi connectivity index (χ2v) is 6.14. The Morgan fingerprint density at radius 3 is 2.43 bits per heavy atom. The molecule has 1 unspecified atom stereocenters. The zero-order chi connectivity index (χ0) is 15.3. The molecule has 0 aromatic heterocycles. The maximum Gasteiger partial charge on any atom is 0.323 e. The molecule has 1 aliphatic rings. The van der Waals surface area contributed by atoms with Gasteiger partial charge in [0.25, 0.3) is 0 Å². The van der Waals surface area contributed by atoms with Crippen molar-refractivity contribution in [3.8, 4) is 5.75 Å². The summed E-state index contributed by atoms with van der Waals surface area (Å²) in [5.41, 5.74) is 0.0837. The van der Waals surface area contributed by atoms with Gasteiger partial charge < -0.3 is 9.84 Å². The van der Waals surface area contributed by atoms with Crippen molar-refractivity contribution in [3.63, 3.8) is 0 Å². The number of carboxylic acids is 1. The van der Waals surface area contributed by atoms with Gasteiger partial charge in [0.2, 0.25) is 0 Å². The van der Waals surface area contributed by atoms with Gasteiger partial charge in [0.1, 0.15) is 11.3 Å². The van der Waals surface area contributed by atoms with E-state index in [9.17, 15) is 9.90 Å². The molecule has 2 rings (SSSR count). The van der Waals surface area contributed by atoms with E-state index in [0.29, 0.717) is 12.5 Å². The van der Waals surface area contributed by atoms with Crippen LogP contribution in [0.3, 0.4) is 0 Å². The van der Waals surface area contributed by atoms with Gasteiger partial charge in [0.15, 0.2) is 0 Å². The minimum atomic E-state index is -0.920. The first-order valence-electron chi connectivity index (χ1n) is 7.67. The fourth-order valence-electron chi connectivity index (χ4n) is 3.04. The van der Waals surface area contributed by atoms with Crippen molar-refractivity contribution >= 4 is 5.97 Å². The first-order valence-corrected chi connectivity index (χ1v) is 7.67. The second kappa shape index (κ2) is 6.94. The second-order valence-electron chi connectivity index (χ2n) is 6.14. The highest BCUT2D eigenvalue weighted by molar-refractivity contribution is 5.78. The fourth-order valence-corrected chi connectivity index (χ4v) is 3.04. The summed E-state index contributed by atoms with van der Waals surface area (Å²) < 4.78 is 5.14. The normalized spacial score (nSPS) is 19.0. The van der Waals surface area contributed by atoms with E-state index in [1.54, 1.807) is 14.0 Å². The number of rotatable bonds is 6. The first kappa shape index (κ1) is 15.8. The van der Waals surface area contributed by atoms with Crippen molar-refractivity contribution < 1.29 is 14.6 Å². The smallest absolute Gasteiger partial charge is 0.323 e. The van der Waals surface area contributed by atoms with Crippen molar-refractivity contribution in [2.75, 3.05) is 7.11 Å². The Hall–Kier alpha value is -1.55. The lowest BCUT2D eigenvalue weighted by Gasteiger charge is -2.33. The molecule has 2 N–H and O–H groups in total. The SMILES string of the molecule is COc1ccc(CC(C)(NC2CCCCC2)C(=O)O)cc1. The predicted molar refractivity (Wildman–Crippen MR) is 82.7 cm³/mol. The van der Waals surface area contributed by atoms with Gasteiger partial charge in [-0.2, -0.15) is 0 Å². The highest BCUT2D eigenvalue weighted by Crippen LogP contribution is 2.23. The van der Waals surface area contributed by atoms with Crippen LogP contribution in [0.15, 0.2) is 24.3 Å². The Kier molecular flexibility index (Phi) is 5.23. The molecule has 1 aromatic rings. The number of methoxy groups -OCH3 is 1. The lowest BCUT2D eigenvalue weighted by Crippen LogP contribution is -2.55. The van der Waals surface area contributed by atoms with Crippen molar-refractivity contribution in [1.82, 2.24) is 5.32 Å². The number of nitrogens with one attached hydrogen (secondary N) is 1. The minimum absolute atomic E-state index is 0.318. The topological polar surface area (TPSA) is 58.6 Å². The summed E-state index contributed by atoms with van der Waals surface area (Å²) in [6, 6.07) is 7.93. The number of carboxylic acid groups (broad SMARTS) is 1. The molecule has 1 aromatic carbocycles. The number of aliphatic carboxylic acids is 1. The van der Waals surface area contributed by atoms with Crippen LogP contribution in [-0.4, -0.2) is 29.8 Å². The van der Waals surface area contributed by atoms with Crippen LogP contribution < -0.4 is 10.1 Å². The largest absolute Gasteiger partial charge is 0.497 e. The van der Waals surface area contributed by atoms with E-state index in [-0.39, 0.29) is 0 Å². The number of ether oxygens (including phenoxy) is 1. The van der Waals surface area contributed by atoms with Gasteiger partial charge >= 0.3 is 5.97 Å². The fraction of sp³-hybridized carbons (Fsp3) is 0.588. The van der Waals surface area contributed by atoms with E-state index in [4.69, 9.17) is 4.74 Å². The Bertz CT molecular complexity index is 465. The summed E-state index contributed by atoms with van der Waals surface area (Å²) in [6.45, 7) is 1.79. The molecule has 0 aliphatic heterocycles. The van der Waals surface area contributed by atoms with Gasteiger partial charge in [-0.3, -0.25) is 10.1 Å². The van der Waals surface area contributed by atoms with E-state index in [1.807, 2.05) is 24.3 Å². The molecule has 0 saturated heterocycles. The van der Waals surface area contributed by atoms with E-state index in [2.05, 4.69) is 5.32 Å². The molecule has 21 heavy (non-hydrogen) atoms. The van der Waals surface area contributed by atoms with Crippen molar-refractivity contribution in [2.45, 2.75) is 57.0 Å². The Morgan fingerprint density at radius 1 is 1.29 bits per heavy atom. The minimum Gasteiger partial charge on any atom is -0.497 e. The molecule has 4 nitrogen and oxygen atoms in total. The molecule has 1 aliphatic carbocycles. The summed E-state index contributed by atoms with van der Waals surface area (Å²) in [4.78, 5) is 11.7. The summed E-state index contributed by atoms with van der Waals surface area (Å²) >= 11 is 0. The van der Waals surface area contributed by atoms with E-state index >= 15 is 0 Å². The van der Waals surface area contributed by atoms with Gasteiger partial charge in [-0.25, -0.2) is 0 Å². The Labute approximate surface area is 126 Å². The standard InChI is InChI=1S/C17H25NO3/c1-17(16(19)20,18-14-6-4-3-5-7-14)12-13-8-10-15(21-2)11-9-13/h8-11,14,18H,3-7,12H2,1-2H3,(H,19,20).